The second-order valence-corrected chi connectivity index (χ2v) is 8.71. The van der Waals surface area contributed by atoms with Gasteiger partial charge in [0, 0.05) is 5.56 Å². The maximum Gasteiger partial charge on any atom is 0.259 e. The molecule has 1 amide bonds. The maximum atomic E-state index is 13.7. The first-order valence-corrected chi connectivity index (χ1v) is 10.1. The van der Waals surface area contributed by atoms with Crippen LogP contribution in [0, 0.1) is 5.82 Å². The molecule has 6 nitrogen and oxygen atoms in total. The lowest BCUT2D eigenvalue weighted by Gasteiger charge is -2.03. The SMILES string of the molecule is O=C(Nc1nnc(S(=O)(=O)Cc2ccccc2F)s1)c1ccccc1Cl. The Morgan fingerprint density at radius 3 is 2.54 bits per heavy atom. The Labute approximate surface area is 157 Å². The average molecular weight is 412 g/mol. The molecule has 0 atom stereocenters. The normalized spacial score (nSPS) is 11.3. The highest BCUT2D eigenvalue weighted by Crippen LogP contribution is 2.25. The molecule has 0 saturated carbocycles. The van der Waals surface area contributed by atoms with Gasteiger partial charge in [-0.25, -0.2) is 12.8 Å². The Bertz CT molecular complexity index is 1070. The van der Waals surface area contributed by atoms with Gasteiger partial charge in [-0.2, -0.15) is 0 Å². The summed E-state index contributed by atoms with van der Waals surface area (Å²) in [6, 6.07) is 12.0. The predicted octanol–water partition coefficient (Wildman–Crippen LogP) is 3.56. The van der Waals surface area contributed by atoms with Gasteiger partial charge < -0.3 is 0 Å². The van der Waals surface area contributed by atoms with Gasteiger partial charge in [-0.05, 0) is 18.2 Å². The summed E-state index contributed by atoms with van der Waals surface area (Å²) in [6.45, 7) is 0. The monoisotopic (exact) mass is 411 g/mol. The highest BCUT2D eigenvalue weighted by molar-refractivity contribution is 7.92. The van der Waals surface area contributed by atoms with Gasteiger partial charge in [-0.15, -0.1) is 10.2 Å². The summed E-state index contributed by atoms with van der Waals surface area (Å²) >= 11 is 6.63. The fraction of sp³-hybridized carbons (Fsp3) is 0.0625. The largest absolute Gasteiger partial charge is 0.296 e. The number of rotatable bonds is 5. The van der Waals surface area contributed by atoms with Gasteiger partial charge in [0.1, 0.15) is 5.82 Å². The lowest BCUT2D eigenvalue weighted by atomic mass is 10.2. The second-order valence-electron chi connectivity index (χ2n) is 5.16. The van der Waals surface area contributed by atoms with Crippen molar-refractivity contribution in [2.75, 3.05) is 5.32 Å². The van der Waals surface area contributed by atoms with Crippen LogP contribution in [0.5, 0.6) is 0 Å². The van der Waals surface area contributed by atoms with Gasteiger partial charge >= 0.3 is 0 Å². The number of aromatic nitrogens is 2. The van der Waals surface area contributed by atoms with E-state index in [0.717, 1.165) is 0 Å². The molecule has 0 unspecified atom stereocenters. The Hall–Kier alpha value is -2.36. The number of halogens is 2. The molecule has 0 fully saturated rings. The van der Waals surface area contributed by atoms with Crippen molar-refractivity contribution >= 4 is 43.8 Å². The highest BCUT2D eigenvalue weighted by atomic mass is 35.5. The van der Waals surface area contributed by atoms with Crippen LogP contribution in [0.1, 0.15) is 15.9 Å². The highest BCUT2D eigenvalue weighted by Gasteiger charge is 2.23. The number of nitrogens with one attached hydrogen (secondary N) is 1. The Morgan fingerprint density at radius 1 is 1.12 bits per heavy atom. The lowest BCUT2D eigenvalue weighted by molar-refractivity contribution is 0.102. The van der Waals surface area contributed by atoms with Crippen molar-refractivity contribution in [2.24, 2.45) is 0 Å². The summed E-state index contributed by atoms with van der Waals surface area (Å²) in [5, 5.41) is 9.96. The molecule has 1 N–H and O–H groups in total. The first-order valence-electron chi connectivity index (χ1n) is 7.22. The van der Waals surface area contributed by atoms with Crippen molar-refractivity contribution in [3.8, 4) is 0 Å². The Balaban J connectivity index is 1.78. The minimum absolute atomic E-state index is 0.00188. The molecule has 0 spiro atoms. The van der Waals surface area contributed by atoms with E-state index >= 15 is 0 Å². The molecule has 1 aromatic heterocycles. The molecule has 0 aliphatic rings. The fourth-order valence-electron chi connectivity index (χ4n) is 2.08. The van der Waals surface area contributed by atoms with E-state index in [-0.39, 0.29) is 25.6 Å². The molecule has 134 valence electrons. The van der Waals surface area contributed by atoms with Crippen LogP contribution in [0.3, 0.4) is 0 Å². The fourth-order valence-corrected chi connectivity index (χ4v) is 4.63. The Morgan fingerprint density at radius 2 is 1.81 bits per heavy atom. The van der Waals surface area contributed by atoms with Gasteiger partial charge in [0.2, 0.25) is 19.3 Å². The van der Waals surface area contributed by atoms with Gasteiger partial charge in [0.15, 0.2) is 0 Å². The van der Waals surface area contributed by atoms with Crippen LogP contribution >= 0.6 is 22.9 Å². The zero-order valence-corrected chi connectivity index (χ0v) is 15.4. The number of carbonyl (C=O) groups is 1. The van der Waals surface area contributed by atoms with Crippen molar-refractivity contribution in [1.82, 2.24) is 10.2 Å². The topological polar surface area (TPSA) is 89.0 Å². The molecule has 0 aliphatic heterocycles. The van der Waals surface area contributed by atoms with E-state index in [9.17, 15) is 17.6 Å². The first kappa shape index (κ1) is 18.4. The zero-order valence-electron chi connectivity index (χ0n) is 13.0. The van der Waals surface area contributed by atoms with Crippen LogP contribution in [0.4, 0.5) is 9.52 Å². The van der Waals surface area contributed by atoms with Crippen LogP contribution in [-0.4, -0.2) is 24.5 Å². The third-order valence-electron chi connectivity index (χ3n) is 3.31. The summed E-state index contributed by atoms with van der Waals surface area (Å²) in [5.74, 6) is -1.70. The summed E-state index contributed by atoms with van der Waals surface area (Å²) in [4.78, 5) is 12.2. The minimum atomic E-state index is -3.90. The molecule has 0 aliphatic carbocycles. The summed E-state index contributed by atoms with van der Waals surface area (Å²) in [6.07, 6.45) is 0. The van der Waals surface area contributed by atoms with Crippen LogP contribution in [-0.2, 0) is 15.6 Å². The number of carbonyl (C=O) groups excluding carboxylic acids is 1. The maximum absolute atomic E-state index is 13.7. The molecular weight excluding hydrogens is 401 g/mol. The van der Waals surface area contributed by atoms with Crippen LogP contribution < -0.4 is 5.32 Å². The zero-order chi connectivity index (χ0) is 18.7. The predicted molar refractivity (Wildman–Crippen MR) is 96.6 cm³/mol. The van der Waals surface area contributed by atoms with E-state index in [0.29, 0.717) is 11.3 Å². The molecule has 26 heavy (non-hydrogen) atoms. The summed E-state index contributed by atoms with van der Waals surface area (Å²) in [5.41, 5.74) is 0.254. The van der Waals surface area contributed by atoms with Gasteiger partial charge in [0.05, 0.1) is 16.3 Å². The van der Waals surface area contributed by atoms with E-state index in [4.69, 9.17) is 11.6 Å². The molecular formula is C16H11ClFN3O3S2. The first-order chi connectivity index (χ1) is 12.4. The van der Waals surface area contributed by atoms with Gasteiger partial charge in [0.25, 0.3) is 5.91 Å². The number of amides is 1. The number of benzene rings is 2. The van der Waals surface area contributed by atoms with Gasteiger partial charge in [-0.1, -0.05) is 53.3 Å². The third kappa shape index (κ3) is 4.06. The van der Waals surface area contributed by atoms with Gasteiger partial charge in [-0.3, -0.25) is 10.1 Å². The molecule has 1 heterocycles. The molecule has 0 bridgehead atoms. The number of hydrogen-bond acceptors (Lipinski definition) is 6. The molecule has 10 heteroatoms. The summed E-state index contributed by atoms with van der Waals surface area (Å²) in [7, 11) is -3.90. The van der Waals surface area contributed by atoms with Crippen molar-refractivity contribution in [2.45, 2.75) is 10.1 Å². The van der Waals surface area contributed by atoms with Crippen LogP contribution in [0.2, 0.25) is 5.02 Å². The molecule has 3 rings (SSSR count). The summed E-state index contributed by atoms with van der Waals surface area (Å²) < 4.78 is 38.1. The van der Waals surface area contributed by atoms with Crippen molar-refractivity contribution in [3.05, 3.63) is 70.5 Å². The quantitative estimate of drug-likeness (QED) is 0.648. The number of sulfone groups is 1. The van der Waals surface area contributed by atoms with Crippen molar-refractivity contribution in [1.29, 1.82) is 0 Å². The van der Waals surface area contributed by atoms with E-state index < -0.39 is 27.3 Å². The van der Waals surface area contributed by atoms with Crippen molar-refractivity contribution in [3.63, 3.8) is 0 Å². The number of anilines is 1. The van der Waals surface area contributed by atoms with E-state index in [2.05, 4.69) is 15.5 Å². The number of nitrogens with zero attached hydrogens (tertiary/aromatic N) is 2. The lowest BCUT2D eigenvalue weighted by Crippen LogP contribution is -2.12. The minimum Gasteiger partial charge on any atom is -0.296 e. The molecule has 2 aromatic carbocycles. The number of hydrogen-bond donors (Lipinski definition) is 1. The van der Waals surface area contributed by atoms with E-state index in [1.807, 2.05) is 0 Å². The standard InChI is InChI=1S/C16H11ClFN3O3S2/c17-12-7-3-2-6-11(12)14(22)19-15-20-21-16(25-15)26(23,24)9-10-5-1-4-8-13(10)18/h1-8H,9H2,(H,19,20,22). The smallest absolute Gasteiger partial charge is 0.259 e. The van der Waals surface area contributed by atoms with Crippen LogP contribution in [0.25, 0.3) is 0 Å². The Kier molecular flexibility index (Phi) is 5.30. The molecule has 0 radical (unpaired) electrons. The second kappa shape index (κ2) is 7.48. The average Bonchev–Trinajstić information content (AvgIpc) is 3.06. The van der Waals surface area contributed by atoms with E-state index in [1.54, 1.807) is 24.3 Å². The molecule has 3 aromatic rings. The van der Waals surface area contributed by atoms with E-state index in [1.165, 1.54) is 24.3 Å². The van der Waals surface area contributed by atoms with Crippen LogP contribution in [0.15, 0.2) is 52.9 Å². The molecule has 0 saturated heterocycles. The third-order valence-corrected chi connectivity index (χ3v) is 6.59. The van der Waals surface area contributed by atoms with Crippen molar-refractivity contribution < 1.29 is 17.6 Å².